The maximum absolute atomic E-state index is 5.96. The van der Waals surface area contributed by atoms with Crippen LogP contribution < -0.4 is 0 Å². The average Bonchev–Trinajstić information content (AvgIpc) is 2.43. The fourth-order valence-electron chi connectivity index (χ4n) is 3.24. The summed E-state index contributed by atoms with van der Waals surface area (Å²) in [6.45, 7) is 5.42. The Morgan fingerprint density at radius 3 is 2.30 bits per heavy atom. The Morgan fingerprint density at radius 2 is 1.65 bits per heavy atom. The van der Waals surface area contributed by atoms with Crippen molar-refractivity contribution in [3.05, 3.63) is 0 Å². The summed E-state index contributed by atoms with van der Waals surface area (Å²) >= 11 is 0. The number of likely N-dealkylation sites (tertiary alicyclic amines) is 1. The van der Waals surface area contributed by atoms with Gasteiger partial charge < -0.3 is 19.1 Å². The molecule has 0 aromatic carbocycles. The first-order valence-corrected chi connectivity index (χ1v) is 8.17. The summed E-state index contributed by atoms with van der Waals surface area (Å²) in [4.78, 5) is 2.61. The van der Waals surface area contributed by atoms with Gasteiger partial charge in [-0.05, 0) is 44.4 Å². The molecule has 0 amide bonds. The maximum atomic E-state index is 5.96. The van der Waals surface area contributed by atoms with Crippen LogP contribution in [0.2, 0.25) is 0 Å². The summed E-state index contributed by atoms with van der Waals surface area (Å²) in [6.07, 6.45) is 8.16. The zero-order valence-electron chi connectivity index (χ0n) is 13.2. The van der Waals surface area contributed by atoms with Gasteiger partial charge in [-0.25, -0.2) is 0 Å². The average molecular weight is 285 g/mol. The van der Waals surface area contributed by atoms with E-state index < -0.39 is 0 Å². The minimum atomic E-state index is 0.488. The highest BCUT2D eigenvalue weighted by molar-refractivity contribution is 4.84. The van der Waals surface area contributed by atoms with Gasteiger partial charge in [0.05, 0.1) is 12.2 Å². The highest BCUT2D eigenvalue weighted by Gasteiger charge is 2.31. The number of hydrogen-bond acceptors (Lipinski definition) is 4. The zero-order chi connectivity index (χ0) is 14.2. The first kappa shape index (κ1) is 16.2. The van der Waals surface area contributed by atoms with Gasteiger partial charge in [0.25, 0.3) is 0 Å². The molecular weight excluding hydrogens is 254 g/mol. The van der Waals surface area contributed by atoms with Crippen molar-refractivity contribution < 1.29 is 14.2 Å². The standard InChI is InChI=1S/C16H31NO3/c1-18-9-3-4-10-20-15-5-7-17(8-6-15)13-14-11-16(12-14)19-2/h14-16H,3-13H2,1-2H3. The molecule has 2 rings (SSSR count). The molecule has 0 unspecified atom stereocenters. The van der Waals surface area contributed by atoms with Crippen molar-refractivity contribution in [3.63, 3.8) is 0 Å². The van der Waals surface area contributed by atoms with Crippen LogP contribution in [-0.2, 0) is 14.2 Å². The Morgan fingerprint density at radius 1 is 0.950 bits per heavy atom. The molecule has 0 bridgehead atoms. The number of piperidine rings is 1. The van der Waals surface area contributed by atoms with Gasteiger partial charge in [0, 0.05) is 47.1 Å². The highest BCUT2D eigenvalue weighted by atomic mass is 16.5. The summed E-state index contributed by atoms with van der Waals surface area (Å²) < 4.78 is 16.3. The second-order valence-electron chi connectivity index (χ2n) is 6.27. The molecule has 0 aromatic rings. The van der Waals surface area contributed by atoms with Crippen LogP contribution in [0.4, 0.5) is 0 Å². The van der Waals surface area contributed by atoms with Crippen LogP contribution in [0.3, 0.4) is 0 Å². The molecule has 0 N–H and O–H groups in total. The smallest absolute Gasteiger partial charge is 0.0599 e. The number of nitrogens with zero attached hydrogens (tertiary/aromatic N) is 1. The van der Waals surface area contributed by atoms with Crippen molar-refractivity contribution in [1.29, 1.82) is 0 Å². The molecule has 4 nitrogen and oxygen atoms in total. The predicted molar refractivity (Wildman–Crippen MR) is 80.0 cm³/mol. The summed E-state index contributed by atoms with van der Waals surface area (Å²) in [5.74, 6) is 0.867. The Bertz CT molecular complexity index is 248. The van der Waals surface area contributed by atoms with Gasteiger partial charge in [-0.3, -0.25) is 0 Å². The van der Waals surface area contributed by atoms with Crippen LogP contribution in [0.1, 0.15) is 38.5 Å². The van der Waals surface area contributed by atoms with E-state index in [4.69, 9.17) is 14.2 Å². The summed E-state index contributed by atoms with van der Waals surface area (Å²) in [7, 11) is 3.59. The lowest BCUT2D eigenvalue weighted by molar-refractivity contribution is -0.0286. The van der Waals surface area contributed by atoms with Crippen molar-refractivity contribution in [3.8, 4) is 0 Å². The van der Waals surface area contributed by atoms with E-state index >= 15 is 0 Å². The molecule has 2 fully saturated rings. The molecule has 1 saturated heterocycles. The van der Waals surface area contributed by atoms with Crippen molar-refractivity contribution in [2.24, 2.45) is 5.92 Å². The molecule has 0 spiro atoms. The quantitative estimate of drug-likeness (QED) is 0.608. The fraction of sp³-hybridized carbons (Fsp3) is 1.00. The van der Waals surface area contributed by atoms with Gasteiger partial charge in [0.2, 0.25) is 0 Å². The highest BCUT2D eigenvalue weighted by Crippen LogP contribution is 2.31. The van der Waals surface area contributed by atoms with Crippen molar-refractivity contribution >= 4 is 0 Å². The monoisotopic (exact) mass is 285 g/mol. The van der Waals surface area contributed by atoms with Crippen LogP contribution in [-0.4, -0.2) is 64.2 Å². The molecule has 1 heterocycles. The minimum Gasteiger partial charge on any atom is -0.385 e. The summed E-state index contributed by atoms with van der Waals surface area (Å²) in [5.41, 5.74) is 0. The minimum absolute atomic E-state index is 0.488. The van der Waals surface area contributed by atoms with Gasteiger partial charge in [-0.15, -0.1) is 0 Å². The molecule has 1 aliphatic carbocycles. The maximum Gasteiger partial charge on any atom is 0.0599 e. The fourth-order valence-corrected chi connectivity index (χ4v) is 3.24. The van der Waals surface area contributed by atoms with E-state index in [1.165, 1.54) is 45.3 Å². The van der Waals surface area contributed by atoms with Crippen LogP contribution in [0.15, 0.2) is 0 Å². The first-order valence-electron chi connectivity index (χ1n) is 8.17. The second kappa shape index (κ2) is 8.98. The van der Waals surface area contributed by atoms with Crippen molar-refractivity contribution in [2.45, 2.75) is 50.7 Å². The number of rotatable bonds is 9. The van der Waals surface area contributed by atoms with Gasteiger partial charge in [-0.1, -0.05) is 0 Å². The van der Waals surface area contributed by atoms with Gasteiger partial charge in [0.15, 0.2) is 0 Å². The van der Waals surface area contributed by atoms with Crippen molar-refractivity contribution in [1.82, 2.24) is 4.90 Å². The number of hydrogen-bond donors (Lipinski definition) is 0. The van der Waals surface area contributed by atoms with Crippen molar-refractivity contribution in [2.75, 3.05) is 47.1 Å². The van der Waals surface area contributed by atoms with Gasteiger partial charge >= 0.3 is 0 Å². The van der Waals surface area contributed by atoms with Crippen LogP contribution in [0, 0.1) is 5.92 Å². The number of unbranched alkanes of at least 4 members (excludes halogenated alkanes) is 1. The van der Waals surface area contributed by atoms with E-state index in [2.05, 4.69) is 4.90 Å². The molecule has 0 aromatic heterocycles. The number of ether oxygens (including phenoxy) is 3. The molecule has 1 saturated carbocycles. The third-order valence-electron chi connectivity index (χ3n) is 4.67. The zero-order valence-corrected chi connectivity index (χ0v) is 13.2. The predicted octanol–water partition coefficient (Wildman–Crippen LogP) is 2.32. The third kappa shape index (κ3) is 5.32. The van der Waals surface area contributed by atoms with E-state index in [1.54, 1.807) is 7.11 Å². The summed E-state index contributed by atoms with van der Waals surface area (Å²) in [6, 6.07) is 0. The molecule has 1 aliphatic heterocycles. The Balaban J connectivity index is 1.48. The van der Waals surface area contributed by atoms with E-state index in [0.717, 1.165) is 32.0 Å². The number of methoxy groups -OCH3 is 2. The second-order valence-corrected chi connectivity index (χ2v) is 6.27. The Labute approximate surface area is 123 Å². The van der Waals surface area contributed by atoms with E-state index in [-0.39, 0.29) is 0 Å². The molecule has 4 heteroatoms. The van der Waals surface area contributed by atoms with Gasteiger partial charge in [0.1, 0.15) is 0 Å². The molecule has 2 aliphatic rings. The lowest BCUT2D eigenvalue weighted by Crippen LogP contribution is -2.44. The Kier molecular flexibility index (Phi) is 7.28. The van der Waals surface area contributed by atoms with Crippen LogP contribution in [0.5, 0.6) is 0 Å². The van der Waals surface area contributed by atoms with E-state index in [0.29, 0.717) is 12.2 Å². The topological polar surface area (TPSA) is 30.9 Å². The van der Waals surface area contributed by atoms with Gasteiger partial charge in [-0.2, -0.15) is 0 Å². The van der Waals surface area contributed by atoms with E-state index in [1.807, 2.05) is 7.11 Å². The SMILES string of the molecule is COCCCCOC1CCN(CC2CC(OC)C2)CC1. The summed E-state index contributed by atoms with van der Waals surface area (Å²) in [5, 5.41) is 0. The largest absolute Gasteiger partial charge is 0.385 e. The Hall–Kier alpha value is -0.160. The first-order chi connectivity index (χ1) is 9.81. The van der Waals surface area contributed by atoms with E-state index in [9.17, 15) is 0 Å². The molecule has 0 radical (unpaired) electrons. The molecule has 118 valence electrons. The molecule has 20 heavy (non-hydrogen) atoms. The van der Waals surface area contributed by atoms with Crippen LogP contribution >= 0.6 is 0 Å². The molecular formula is C16H31NO3. The lowest BCUT2D eigenvalue weighted by atomic mass is 9.81. The third-order valence-corrected chi connectivity index (χ3v) is 4.67. The lowest BCUT2D eigenvalue weighted by Gasteiger charge is -2.40. The normalized spacial score (nSPS) is 28.5. The van der Waals surface area contributed by atoms with Crippen LogP contribution in [0.25, 0.3) is 0 Å². The molecule has 0 atom stereocenters.